The van der Waals surface area contributed by atoms with Crippen molar-refractivity contribution >= 4 is 38.4 Å². The summed E-state index contributed by atoms with van der Waals surface area (Å²) in [5.74, 6) is -0.408. The van der Waals surface area contributed by atoms with Gasteiger partial charge < -0.3 is 0 Å². The maximum absolute atomic E-state index is 13.3. The lowest BCUT2D eigenvalue weighted by Crippen LogP contribution is -2.33. The molecular weight excluding hydrogens is 420 g/mol. The van der Waals surface area contributed by atoms with Gasteiger partial charge in [0.1, 0.15) is 11.2 Å². The van der Waals surface area contributed by atoms with Gasteiger partial charge in [0.15, 0.2) is 0 Å². The predicted molar refractivity (Wildman–Crippen MR) is 129 cm³/mol. The molecule has 158 valence electrons. The standard InChI is InChI=1S/C25H20N4O2S/c1-14-9-10-20-18(11-14)12-19(15(2)27-20)23(30)28-29-13-26-24-22(25(29)31)21(16(3)32-24)17-7-5-4-6-8-17/h4-13H,1-3H3,(H,28,30). The Labute approximate surface area is 188 Å². The Morgan fingerprint density at radius 2 is 1.81 bits per heavy atom. The molecule has 0 spiro atoms. The van der Waals surface area contributed by atoms with Crippen LogP contribution in [0.3, 0.4) is 0 Å². The smallest absolute Gasteiger partial charge is 0.267 e. The number of nitrogens with one attached hydrogen (secondary N) is 1. The number of hydrogen-bond acceptors (Lipinski definition) is 5. The molecule has 32 heavy (non-hydrogen) atoms. The van der Waals surface area contributed by atoms with Gasteiger partial charge in [0.05, 0.1) is 22.2 Å². The fourth-order valence-corrected chi connectivity index (χ4v) is 4.93. The summed E-state index contributed by atoms with van der Waals surface area (Å²) >= 11 is 1.47. The third-order valence-electron chi connectivity index (χ3n) is 5.48. The van der Waals surface area contributed by atoms with Crippen LogP contribution in [-0.2, 0) is 0 Å². The zero-order valence-electron chi connectivity index (χ0n) is 17.8. The van der Waals surface area contributed by atoms with Gasteiger partial charge in [-0.2, -0.15) is 0 Å². The molecule has 0 saturated heterocycles. The molecule has 0 aliphatic rings. The third-order valence-corrected chi connectivity index (χ3v) is 6.49. The van der Waals surface area contributed by atoms with Gasteiger partial charge in [-0.1, -0.05) is 42.0 Å². The van der Waals surface area contributed by atoms with Crippen LogP contribution in [0.25, 0.3) is 32.2 Å². The SMILES string of the molecule is Cc1ccc2nc(C)c(C(=O)Nn3cnc4sc(C)c(-c5ccccc5)c4c3=O)cc2c1. The van der Waals surface area contributed by atoms with Crippen molar-refractivity contribution in [3.8, 4) is 11.1 Å². The van der Waals surface area contributed by atoms with Crippen molar-refractivity contribution in [1.29, 1.82) is 0 Å². The Kier molecular flexibility index (Phi) is 4.83. The molecule has 1 amide bonds. The summed E-state index contributed by atoms with van der Waals surface area (Å²) in [4.78, 5) is 37.1. The van der Waals surface area contributed by atoms with Crippen LogP contribution in [0, 0.1) is 20.8 Å². The van der Waals surface area contributed by atoms with Crippen LogP contribution in [-0.4, -0.2) is 20.6 Å². The lowest BCUT2D eigenvalue weighted by atomic mass is 10.0. The number of aromatic nitrogens is 3. The number of benzene rings is 2. The monoisotopic (exact) mass is 440 g/mol. The lowest BCUT2D eigenvalue weighted by molar-refractivity contribution is 0.101. The van der Waals surface area contributed by atoms with E-state index in [1.54, 1.807) is 13.0 Å². The van der Waals surface area contributed by atoms with Crippen molar-refractivity contribution in [2.45, 2.75) is 20.8 Å². The van der Waals surface area contributed by atoms with Gasteiger partial charge in [-0.3, -0.25) is 20.0 Å². The number of hydrogen-bond donors (Lipinski definition) is 1. The molecule has 0 bridgehead atoms. The minimum Gasteiger partial charge on any atom is -0.267 e. The molecule has 2 aromatic carbocycles. The van der Waals surface area contributed by atoms with Gasteiger partial charge in [0.25, 0.3) is 11.5 Å². The Balaban J connectivity index is 1.58. The van der Waals surface area contributed by atoms with Crippen LogP contribution in [0.5, 0.6) is 0 Å². The van der Waals surface area contributed by atoms with Gasteiger partial charge in [-0.15, -0.1) is 11.3 Å². The third kappa shape index (κ3) is 3.36. The molecular formula is C25H20N4O2S. The zero-order valence-corrected chi connectivity index (χ0v) is 18.7. The summed E-state index contributed by atoms with van der Waals surface area (Å²) in [6.07, 6.45) is 1.36. The van der Waals surface area contributed by atoms with Crippen molar-refractivity contribution in [2.24, 2.45) is 0 Å². The summed E-state index contributed by atoms with van der Waals surface area (Å²) in [6.45, 7) is 5.75. The number of thiophene rings is 1. The number of fused-ring (bicyclic) bond motifs is 2. The molecule has 3 heterocycles. The molecule has 7 heteroatoms. The molecule has 0 aliphatic heterocycles. The van der Waals surface area contributed by atoms with Gasteiger partial charge in [-0.25, -0.2) is 9.66 Å². The van der Waals surface area contributed by atoms with Crippen molar-refractivity contribution < 1.29 is 4.79 Å². The maximum Gasteiger partial charge on any atom is 0.281 e. The number of carbonyl (C=O) groups excluding carboxylic acids is 1. The molecule has 5 rings (SSSR count). The van der Waals surface area contributed by atoms with Crippen LogP contribution in [0.4, 0.5) is 0 Å². The molecule has 1 N–H and O–H groups in total. The highest BCUT2D eigenvalue weighted by atomic mass is 32.1. The van der Waals surface area contributed by atoms with E-state index >= 15 is 0 Å². The summed E-state index contributed by atoms with van der Waals surface area (Å²) in [5.41, 5.74) is 7.10. The number of carbonyl (C=O) groups is 1. The van der Waals surface area contributed by atoms with E-state index in [4.69, 9.17) is 0 Å². The van der Waals surface area contributed by atoms with Crippen LogP contribution in [0.2, 0.25) is 0 Å². The molecule has 0 radical (unpaired) electrons. The van der Waals surface area contributed by atoms with Crippen LogP contribution in [0.15, 0.2) is 65.7 Å². The zero-order chi connectivity index (χ0) is 22.4. The summed E-state index contributed by atoms with van der Waals surface area (Å²) in [7, 11) is 0. The predicted octanol–water partition coefficient (Wildman–Crippen LogP) is 4.98. The van der Waals surface area contributed by atoms with E-state index < -0.39 is 5.91 Å². The average Bonchev–Trinajstić information content (AvgIpc) is 3.12. The number of rotatable bonds is 3. The van der Waals surface area contributed by atoms with Crippen LogP contribution in [0.1, 0.15) is 26.5 Å². The number of aryl methyl sites for hydroxylation is 3. The van der Waals surface area contributed by atoms with Gasteiger partial charge in [0, 0.05) is 15.8 Å². The van der Waals surface area contributed by atoms with Crippen molar-refractivity contribution in [3.05, 3.63) is 93.0 Å². The molecule has 5 aromatic rings. The number of nitrogens with zero attached hydrogens (tertiary/aromatic N) is 3. The largest absolute Gasteiger partial charge is 0.281 e. The van der Waals surface area contributed by atoms with Crippen molar-refractivity contribution in [3.63, 3.8) is 0 Å². The molecule has 0 unspecified atom stereocenters. The Hall–Kier alpha value is -3.84. The van der Waals surface area contributed by atoms with Crippen molar-refractivity contribution in [1.82, 2.24) is 14.6 Å². The Morgan fingerprint density at radius 1 is 1.03 bits per heavy atom. The maximum atomic E-state index is 13.3. The second kappa shape index (κ2) is 7.69. The topological polar surface area (TPSA) is 76.9 Å². The number of amides is 1. The van der Waals surface area contributed by atoms with E-state index in [-0.39, 0.29) is 5.56 Å². The van der Waals surface area contributed by atoms with E-state index in [1.165, 1.54) is 17.7 Å². The van der Waals surface area contributed by atoms with Crippen LogP contribution < -0.4 is 11.0 Å². The summed E-state index contributed by atoms with van der Waals surface area (Å²) in [5, 5.41) is 1.38. The fraction of sp³-hybridized carbons (Fsp3) is 0.120. The first-order valence-electron chi connectivity index (χ1n) is 10.2. The highest BCUT2D eigenvalue weighted by Gasteiger charge is 2.19. The van der Waals surface area contributed by atoms with Crippen LogP contribution >= 0.6 is 11.3 Å². The van der Waals surface area contributed by atoms with Crippen molar-refractivity contribution in [2.75, 3.05) is 5.43 Å². The minimum atomic E-state index is -0.408. The molecule has 6 nitrogen and oxygen atoms in total. The minimum absolute atomic E-state index is 0.311. The highest BCUT2D eigenvalue weighted by Crippen LogP contribution is 2.35. The van der Waals surface area contributed by atoms with E-state index in [9.17, 15) is 9.59 Å². The first kappa shape index (κ1) is 20.1. The average molecular weight is 441 g/mol. The first-order valence-corrected chi connectivity index (χ1v) is 11.0. The molecule has 0 saturated carbocycles. The van der Waals surface area contributed by atoms with E-state index in [0.29, 0.717) is 21.5 Å². The normalized spacial score (nSPS) is 11.2. The summed E-state index contributed by atoms with van der Waals surface area (Å²) in [6, 6.07) is 17.5. The molecule has 0 fully saturated rings. The molecule has 0 aliphatic carbocycles. The lowest BCUT2D eigenvalue weighted by Gasteiger charge is -2.11. The van der Waals surface area contributed by atoms with Gasteiger partial charge in [0.2, 0.25) is 0 Å². The summed E-state index contributed by atoms with van der Waals surface area (Å²) < 4.78 is 1.16. The van der Waals surface area contributed by atoms with E-state index in [0.717, 1.165) is 37.1 Å². The molecule has 3 aromatic heterocycles. The highest BCUT2D eigenvalue weighted by molar-refractivity contribution is 7.19. The second-order valence-corrected chi connectivity index (χ2v) is 8.96. The van der Waals surface area contributed by atoms with E-state index in [2.05, 4.69) is 15.4 Å². The Bertz CT molecular complexity index is 1570. The molecule has 0 atom stereocenters. The van der Waals surface area contributed by atoms with Gasteiger partial charge in [-0.05, 0) is 44.5 Å². The Morgan fingerprint density at radius 3 is 2.59 bits per heavy atom. The second-order valence-electron chi connectivity index (χ2n) is 7.76. The fourth-order valence-electron chi connectivity index (χ4n) is 3.93. The van der Waals surface area contributed by atoms with E-state index in [1.807, 2.05) is 62.4 Å². The first-order chi connectivity index (χ1) is 15.4. The number of pyridine rings is 1. The quantitative estimate of drug-likeness (QED) is 0.429. The van der Waals surface area contributed by atoms with Gasteiger partial charge >= 0.3 is 0 Å².